The van der Waals surface area contributed by atoms with Crippen LogP contribution in [0.4, 0.5) is 5.69 Å². The van der Waals surface area contributed by atoms with E-state index in [0.717, 1.165) is 0 Å². The van der Waals surface area contributed by atoms with E-state index in [1.165, 1.54) is 0 Å². The molecule has 0 bridgehead atoms. The van der Waals surface area contributed by atoms with Crippen molar-refractivity contribution in [3.8, 4) is 0 Å². The first-order chi connectivity index (χ1) is 12.0. The molecule has 1 aliphatic heterocycles. The fraction of sp³-hybridized carbons (Fsp3) is 0.222. The SMILES string of the molecule is O=C(Nc1cc(C(=O)N2CCOCC2)ccc1Cl)c1ccc(Cl)cc1. The Morgan fingerprint density at radius 3 is 2.28 bits per heavy atom. The second-order valence-corrected chi connectivity index (χ2v) is 6.40. The van der Waals surface area contributed by atoms with Gasteiger partial charge in [-0.25, -0.2) is 0 Å². The molecular weight excluding hydrogens is 363 g/mol. The molecule has 0 unspecified atom stereocenters. The van der Waals surface area contributed by atoms with Crippen LogP contribution in [0.25, 0.3) is 0 Å². The number of anilines is 1. The third-order valence-electron chi connectivity index (χ3n) is 3.87. The second-order valence-electron chi connectivity index (χ2n) is 5.56. The summed E-state index contributed by atoms with van der Waals surface area (Å²) >= 11 is 12.0. The minimum atomic E-state index is -0.325. The molecule has 1 saturated heterocycles. The molecule has 0 spiro atoms. The molecule has 25 heavy (non-hydrogen) atoms. The molecule has 0 radical (unpaired) electrons. The van der Waals surface area contributed by atoms with E-state index in [1.54, 1.807) is 47.4 Å². The van der Waals surface area contributed by atoms with Crippen LogP contribution in [0.2, 0.25) is 10.0 Å². The maximum absolute atomic E-state index is 12.6. The molecule has 130 valence electrons. The van der Waals surface area contributed by atoms with E-state index >= 15 is 0 Å². The Morgan fingerprint density at radius 1 is 0.960 bits per heavy atom. The van der Waals surface area contributed by atoms with Gasteiger partial charge in [-0.15, -0.1) is 0 Å². The Hall–Kier alpha value is -2.08. The maximum atomic E-state index is 12.6. The van der Waals surface area contributed by atoms with Crippen molar-refractivity contribution in [2.45, 2.75) is 0 Å². The summed E-state index contributed by atoms with van der Waals surface area (Å²) in [6.07, 6.45) is 0. The van der Waals surface area contributed by atoms with Crippen molar-refractivity contribution in [1.29, 1.82) is 0 Å². The van der Waals surface area contributed by atoms with Gasteiger partial charge in [0.15, 0.2) is 0 Å². The summed E-state index contributed by atoms with van der Waals surface area (Å²) in [6, 6.07) is 11.4. The molecule has 2 aromatic carbocycles. The van der Waals surface area contributed by atoms with Crippen molar-refractivity contribution in [1.82, 2.24) is 4.90 Å². The number of carbonyl (C=O) groups excluding carboxylic acids is 2. The van der Waals surface area contributed by atoms with Crippen LogP contribution >= 0.6 is 23.2 Å². The highest BCUT2D eigenvalue weighted by Crippen LogP contribution is 2.25. The first kappa shape index (κ1) is 17.7. The highest BCUT2D eigenvalue weighted by molar-refractivity contribution is 6.34. The molecule has 0 saturated carbocycles. The minimum absolute atomic E-state index is 0.109. The molecule has 1 aliphatic rings. The number of amides is 2. The van der Waals surface area contributed by atoms with E-state index in [2.05, 4.69) is 5.32 Å². The summed E-state index contributed by atoms with van der Waals surface area (Å²) in [5.41, 5.74) is 1.31. The number of hydrogen-bond acceptors (Lipinski definition) is 3. The lowest BCUT2D eigenvalue weighted by Gasteiger charge is -2.27. The van der Waals surface area contributed by atoms with Gasteiger partial charge < -0.3 is 15.0 Å². The molecule has 2 aromatic rings. The van der Waals surface area contributed by atoms with E-state index < -0.39 is 0 Å². The van der Waals surface area contributed by atoms with Crippen molar-refractivity contribution in [3.05, 3.63) is 63.6 Å². The lowest BCUT2D eigenvalue weighted by atomic mass is 10.1. The zero-order valence-corrected chi connectivity index (χ0v) is 14.8. The molecule has 1 N–H and O–H groups in total. The molecule has 0 atom stereocenters. The number of rotatable bonds is 3. The van der Waals surface area contributed by atoms with Crippen LogP contribution in [0.3, 0.4) is 0 Å². The van der Waals surface area contributed by atoms with Crippen LogP contribution < -0.4 is 5.32 Å². The molecular formula is C18H16Cl2N2O3. The highest BCUT2D eigenvalue weighted by Gasteiger charge is 2.20. The average molecular weight is 379 g/mol. The van der Waals surface area contributed by atoms with Gasteiger partial charge in [0, 0.05) is 29.2 Å². The van der Waals surface area contributed by atoms with Crippen LogP contribution in [0.5, 0.6) is 0 Å². The first-order valence-corrected chi connectivity index (χ1v) is 8.53. The molecule has 7 heteroatoms. The highest BCUT2D eigenvalue weighted by atomic mass is 35.5. The van der Waals surface area contributed by atoms with Gasteiger partial charge in [-0.05, 0) is 42.5 Å². The predicted octanol–water partition coefficient (Wildman–Crippen LogP) is 3.72. The van der Waals surface area contributed by atoms with Crippen LogP contribution in [0.1, 0.15) is 20.7 Å². The van der Waals surface area contributed by atoms with Crippen molar-refractivity contribution in [3.63, 3.8) is 0 Å². The molecule has 3 rings (SSSR count). The number of ether oxygens (including phenoxy) is 1. The lowest BCUT2D eigenvalue weighted by molar-refractivity contribution is 0.0303. The van der Waals surface area contributed by atoms with E-state index in [1.807, 2.05) is 0 Å². The van der Waals surface area contributed by atoms with Gasteiger partial charge in [0.2, 0.25) is 0 Å². The monoisotopic (exact) mass is 378 g/mol. The zero-order chi connectivity index (χ0) is 17.8. The second kappa shape index (κ2) is 7.87. The molecule has 1 heterocycles. The third kappa shape index (κ3) is 4.31. The van der Waals surface area contributed by atoms with Crippen LogP contribution in [0.15, 0.2) is 42.5 Å². The number of benzene rings is 2. The van der Waals surface area contributed by atoms with Gasteiger partial charge >= 0.3 is 0 Å². The van der Waals surface area contributed by atoms with E-state index in [0.29, 0.717) is 53.2 Å². The molecule has 5 nitrogen and oxygen atoms in total. The smallest absolute Gasteiger partial charge is 0.255 e. The molecule has 2 amide bonds. The summed E-state index contributed by atoms with van der Waals surface area (Å²) in [5, 5.41) is 3.65. The number of nitrogens with zero attached hydrogens (tertiary/aromatic N) is 1. The summed E-state index contributed by atoms with van der Waals surface area (Å²) in [7, 11) is 0. The Labute approximate surface area is 155 Å². The number of carbonyl (C=O) groups is 2. The third-order valence-corrected chi connectivity index (χ3v) is 4.45. The van der Waals surface area contributed by atoms with Crippen LogP contribution in [0, 0.1) is 0 Å². The van der Waals surface area contributed by atoms with E-state index in [9.17, 15) is 9.59 Å². The average Bonchev–Trinajstić information content (AvgIpc) is 2.64. The van der Waals surface area contributed by atoms with Crippen LogP contribution in [-0.2, 0) is 4.74 Å². The predicted molar refractivity (Wildman–Crippen MR) is 97.6 cm³/mol. The molecule has 0 aromatic heterocycles. The van der Waals surface area contributed by atoms with Crippen LogP contribution in [-0.4, -0.2) is 43.0 Å². The Kier molecular flexibility index (Phi) is 5.58. The fourth-order valence-electron chi connectivity index (χ4n) is 2.50. The molecule has 1 fully saturated rings. The van der Waals surface area contributed by atoms with Crippen molar-refractivity contribution >= 4 is 40.7 Å². The van der Waals surface area contributed by atoms with Gasteiger partial charge in [0.25, 0.3) is 11.8 Å². The van der Waals surface area contributed by atoms with Gasteiger partial charge in [0.05, 0.1) is 23.9 Å². The fourth-order valence-corrected chi connectivity index (χ4v) is 2.79. The zero-order valence-electron chi connectivity index (χ0n) is 13.3. The number of nitrogens with one attached hydrogen (secondary N) is 1. The Morgan fingerprint density at radius 2 is 1.60 bits per heavy atom. The summed E-state index contributed by atoms with van der Waals surface area (Å²) in [5.74, 6) is -0.434. The maximum Gasteiger partial charge on any atom is 0.255 e. The van der Waals surface area contributed by atoms with Gasteiger partial charge in [-0.2, -0.15) is 0 Å². The standard InChI is InChI=1S/C18H16Cl2N2O3/c19-14-4-1-12(2-5-14)17(23)21-16-11-13(3-6-15(16)20)18(24)22-7-9-25-10-8-22/h1-6,11H,7-10H2,(H,21,23). The quantitative estimate of drug-likeness (QED) is 0.885. The van der Waals surface area contributed by atoms with Crippen molar-refractivity contribution in [2.75, 3.05) is 31.6 Å². The number of morpholine rings is 1. The lowest BCUT2D eigenvalue weighted by Crippen LogP contribution is -2.40. The van der Waals surface area contributed by atoms with Crippen molar-refractivity contribution < 1.29 is 14.3 Å². The first-order valence-electron chi connectivity index (χ1n) is 7.78. The van der Waals surface area contributed by atoms with Gasteiger partial charge in [0.1, 0.15) is 0 Å². The number of hydrogen-bond donors (Lipinski definition) is 1. The van der Waals surface area contributed by atoms with Gasteiger partial charge in [-0.3, -0.25) is 9.59 Å². The van der Waals surface area contributed by atoms with E-state index in [-0.39, 0.29) is 11.8 Å². The molecule has 0 aliphatic carbocycles. The normalized spacial score (nSPS) is 14.2. The van der Waals surface area contributed by atoms with E-state index in [4.69, 9.17) is 27.9 Å². The topological polar surface area (TPSA) is 58.6 Å². The Bertz CT molecular complexity index is 787. The largest absolute Gasteiger partial charge is 0.378 e. The number of halogens is 2. The van der Waals surface area contributed by atoms with Crippen molar-refractivity contribution in [2.24, 2.45) is 0 Å². The van der Waals surface area contributed by atoms with Gasteiger partial charge in [-0.1, -0.05) is 23.2 Å². The summed E-state index contributed by atoms with van der Waals surface area (Å²) < 4.78 is 5.26. The Balaban J connectivity index is 1.78. The minimum Gasteiger partial charge on any atom is -0.378 e. The summed E-state index contributed by atoms with van der Waals surface area (Å²) in [6.45, 7) is 2.15. The summed E-state index contributed by atoms with van der Waals surface area (Å²) in [4.78, 5) is 26.6.